The zero-order valence-corrected chi connectivity index (χ0v) is 16.9. The SMILES string of the molecule is Cc1nn(C)c(C)c1CCOC(=O)C1CN(Cc2ccccc2)CC1C(F)(F)F. The summed E-state index contributed by atoms with van der Waals surface area (Å²) in [6, 6.07) is 9.29. The average Bonchev–Trinajstić information content (AvgIpc) is 3.18. The number of rotatable bonds is 6. The maximum Gasteiger partial charge on any atom is 0.393 e. The number of alkyl halides is 3. The van der Waals surface area contributed by atoms with Crippen LogP contribution in [0.2, 0.25) is 0 Å². The van der Waals surface area contributed by atoms with E-state index in [2.05, 4.69) is 5.10 Å². The third-order valence-electron chi connectivity index (χ3n) is 5.62. The molecule has 0 N–H and O–H groups in total. The summed E-state index contributed by atoms with van der Waals surface area (Å²) in [6.07, 6.45) is -4.00. The molecule has 0 saturated carbocycles. The summed E-state index contributed by atoms with van der Waals surface area (Å²) >= 11 is 0. The highest BCUT2D eigenvalue weighted by Gasteiger charge is 2.52. The van der Waals surface area contributed by atoms with Crippen molar-refractivity contribution in [2.45, 2.75) is 33.0 Å². The maximum absolute atomic E-state index is 13.5. The van der Waals surface area contributed by atoms with Gasteiger partial charge in [0, 0.05) is 38.8 Å². The molecule has 1 fully saturated rings. The van der Waals surface area contributed by atoms with Crippen molar-refractivity contribution in [1.29, 1.82) is 0 Å². The lowest BCUT2D eigenvalue weighted by molar-refractivity contribution is -0.190. The van der Waals surface area contributed by atoms with Gasteiger partial charge in [0.25, 0.3) is 0 Å². The molecule has 2 heterocycles. The van der Waals surface area contributed by atoms with E-state index in [0.29, 0.717) is 13.0 Å². The van der Waals surface area contributed by atoms with Crippen molar-refractivity contribution in [2.24, 2.45) is 18.9 Å². The Bertz CT molecular complexity index is 849. The molecule has 0 spiro atoms. The Morgan fingerprint density at radius 3 is 2.48 bits per heavy atom. The molecule has 0 radical (unpaired) electrons. The van der Waals surface area contributed by atoms with Crippen LogP contribution in [0.3, 0.4) is 0 Å². The number of hydrogen-bond donors (Lipinski definition) is 0. The molecule has 5 nitrogen and oxygen atoms in total. The number of hydrogen-bond acceptors (Lipinski definition) is 4. The lowest BCUT2D eigenvalue weighted by Gasteiger charge is -2.20. The summed E-state index contributed by atoms with van der Waals surface area (Å²) < 4.78 is 47.6. The van der Waals surface area contributed by atoms with E-state index in [9.17, 15) is 18.0 Å². The van der Waals surface area contributed by atoms with Crippen molar-refractivity contribution in [3.8, 4) is 0 Å². The minimum atomic E-state index is -4.44. The van der Waals surface area contributed by atoms with E-state index in [0.717, 1.165) is 22.5 Å². The molecule has 2 aromatic rings. The summed E-state index contributed by atoms with van der Waals surface area (Å²) in [7, 11) is 1.83. The van der Waals surface area contributed by atoms with Gasteiger partial charge in [-0.15, -0.1) is 0 Å². The molecule has 3 rings (SSSR count). The minimum Gasteiger partial charge on any atom is -0.465 e. The predicted molar refractivity (Wildman–Crippen MR) is 102 cm³/mol. The number of carbonyl (C=O) groups excluding carboxylic acids is 1. The predicted octanol–water partition coefficient (Wildman–Crippen LogP) is 3.43. The van der Waals surface area contributed by atoms with Crippen LogP contribution in [-0.2, 0) is 29.5 Å². The first kappa shape index (κ1) is 21.4. The van der Waals surface area contributed by atoms with Gasteiger partial charge in [0.1, 0.15) is 0 Å². The van der Waals surface area contributed by atoms with Crippen LogP contribution < -0.4 is 0 Å². The van der Waals surface area contributed by atoms with E-state index < -0.39 is 24.0 Å². The van der Waals surface area contributed by atoms with Gasteiger partial charge in [0.15, 0.2) is 0 Å². The van der Waals surface area contributed by atoms with Crippen LogP contribution in [0, 0.1) is 25.7 Å². The van der Waals surface area contributed by atoms with Gasteiger partial charge in [-0.05, 0) is 25.0 Å². The molecule has 2 unspecified atom stereocenters. The molecular weight excluding hydrogens is 383 g/mol. The Labute approximate surface area is 168 Å². The quantitative estimate of drug-likeness (QED) is 0.686. The zero-order valence-electron chi connectivity index (χ0n) is 16.9. The van der Waals surface area contributed by atoms with E-state index in [1.54, 1.807) is 9.58 Å². The van der Waals surface area contributed by atoms with Crippen LogP contribution in [0.4, 0.5) is 13.2 Å². The summed E-state index contributed by atoms with van der Waals surface area (Å²) in [5.74, 6) is -3.68. The summed E-state index contributed by atoms with van der Waals surface area (Å²) in [6.45, 7) is 4.05. The number of likely N-dealkylation sites (tertiary alicyclic amines) is 1. The molecule has 1 saturated heterocycles. The highest BCUT2D eigenvalue weighted by molar-refractivity contribution is 5.73. The van der Waals surface area contributed by atoms with Gasteiger partial charge in [-0.3, -0.25) is 14.4 Å². The van der Waals surface area contributed by atoms with E-state index in [4.69, 9.17) is 4.74 Å². The number of esters is 1. The van der Waals surface area contributed by atoms with Crippen molar-refractivity contribution in [3.63, 3.8) is 0 Å². The Kier molecular flexibility index (Phi) is 6.31. The molecule has 0 amide bonds. The van der Waals surface area contributed by atoms with Crippen molar-refractivity contribution >= 4 is 5.97 Å². The minimum absolute atomic E-state index is 0.0445. The number of halogens is 3. The summed E-state index contributed by atoms with van der Waals surface area (Å²) in [4.78, 5) is 14.2. The summed E-state index contributed by atoms with van der Waals surface area (Å²) in [5.41, 5.74) is 3.68. The van der Waals surface area contributed by atoms with Gasteiger partial charge in [-0.1, -0.05) is 30.3 Å². The lowest BCUT2D eigenvalue weighted by Crippen LogP contribution is -2.35. The average molecular weight is 409 g/mol. The first-order valence-corrected chi connectivity index (χ1v) is 9.65. The summed E-state index contributed by atoms with van der Waals surface area (Å²) in [5, 5.41) is 4.30. The fourth-order valence-corrected chi connectivity index (χ4v) is 3.97. The highest BCUT2D eigenvalue weighted by atomic mass is 19.4. The molecule has 8 heteroatoms. The fraction of sp³-hybridized carbons (Fsp3) is 0.524. The van der Waals surface area contributed by atoms with E-state index in [1.165, 1.54) is 0 Å². The van der Waals surface area contributed by atoms with Crippen LogP contribution in [0.15, 0.2) is 30.3 Å². The van der Waals surface area contributed by atoms with Gasteiger partial charge >= 0.3 is 12.1 Å². The first-order chi connectivity index (χ1) is 13.7. The number of aryl methyl sites for hydroxylation is 2. The van der Waals surface area contributed by atoms with Crippen molar-refractivity contribution < 1.29 is 22.7 Å². The molecule has 29 heavy (non-hydrogen) atoms. The van der Waals surface area contributed by atoms with Crippen LogP contribution in [-0.4, -0.2) is 46.5 Å². The van der Waals surface area contributed by atoms with E-state index in [-0.39, 0.29) is 19.7 Å². The van der Waals surface area contributed by atoms with Crippen molar-refractivity contribution in [2.75, 3.05) is 19.7 Å². The molecule has 1 aliphatic heterocycles. The first-order valence-electron chi connectivity index (χ1n) is 9.65. The molecule has 0 aliphatic carbocycles. The monoisotopic (exact) mass is 409 g/mol. The molecule has 1 aromatic carbocycles. The molecule has 1 aromatic heterocycles. The van der Waals surface area contributed by atoms with Crippen molar-refractivity contribution in [3.05, 3.63) is 52.8 Å². The second-order valence-corrected chi connectivity index (χ2v) is 7.62. The van der Waals surface area contributed by atoms with Crippen LogP contribution in [0.1, 0.15) is 22.5 Å². The van der Waals surface area contributed by atoms with Gasteiger partial charge in [0.2, 0.25) is 0 Å². The molecule has 158 valence electrons. The van der Waals surface area contributed by atoms with E-state index in [1.807, 2.05) is 51.2 Å². The number of benzene rings is 1. The topological polar surface area (TPSA) is 47.4 Å². The molecule has 1 aliphatic rings. The second kappa shape index (κ2) is 8.57. The molecular formula is C21H26F3N3O2. The Balaban J connectivity index is 1.62. The van der Waals surface area contributed by atoms with Crippen LogP contribution >= 0.6 is 0 Å². The maximum atomic E-state index is 13.5. The Morgan fingerprint density at radius 2 is 1.90 bits per heavy atom. The standard InChI is InChI=1S/C21H26F3N3O2/c1-14-17(15(2)26(3)25-14)9-10-29-20(28)18-12-27(13-19(18)21(22,23)24)11-16-7-5-4-6-8-16/h4-8,18-19H,9-13H2,1-3H3. The van der Waals surface area contributed by atoms with Gasteiger partial charge in [-0.25, -0.2) is 0 Å². The third-order valence-corrected chi connectivity index (χ3v) is 5.62. The molecule has 2 atom stereocenters. The number of carbonyl (C=O) groups is 1. The van der Waals surface area contributed by atoms with Gasteiger partial charge < -0.3 is 4.74 Å². The van der Waals surface area contributed by atoms with E-state index >= 15 is 0 Å². The molecule has 0 bridgehead atoms. The van der Waals surface area contributed by atoms with Crippen molar-refractivity contribution in [1.82, 2.24) is 14.7 Å². The smallest absolute Gasteiger partial charge is 0.393 e. The van der Waals surface area contributed by atoms with Crippen LogP contribution in [0.25, 0.3) is 0 Å². The van der Waals surface area contributed by atoms with Gasteiger partial charge in [-0.2, -0.15) is 18.3 Å². The number of nitrogens with zero attached hydrogens (tertiary/aromatic N) is 3. The Hall–Kier alpha value is -2.35. The number of ether oxygens (including phenoxy) is 1. The normalized spacial score (nSPS) is 20.2. The van der Waals surface area contributed by atoms with Crippen LogP contribution in [0.5, 0.6) is 0 Å². The largest absolute Gasteiger partial charge is 0.465 e. The lowest BCUT2D eigenvalue weighted by atomic mass is 9.96. The number of aromatic nitrogens is 2. The second-order valence-electron chi connectivity index (χ2n) is 7.62. The third kappa shape index (κ3) is 4.98. The zero-order chi connectivity index (χ0) is 21.2. The fourth-order valence-electron chi connectivity index (χ4n) is 3.97. The Morgan fingerprint density at radius 1 is 1.21 bits per heavy atom. The highest BCUT2D eigenvalue weighted by Crippen LogP contribution is 2.38. The van der Waals surface area contributed by atoms with Gasteiger partial charge in [0.05, 0.1) is 24.1 Å².